The van der Waals surface area contributed by atoms with Crippen molar-refractivity contribution in [2.75, 3.05) is 26.7 Å². The van der Waals surface area contributed by atoms with Crippen LogP contribution in [-0.2, 0) is 21.6 Å². The van der Waals surface area contributed by atoms with Gasteiger partial charge in [-0.25, -0.2) is 4.79 Å². The number of likely N-dealkylation sites (tertiary alicyclic amines) is 1. The third kappa shape index (κ3) is 4.09. The van der Waals surface area contributed by atoms with Crippen LogP contribution in [0.3, 0.4) is 0 Å². The summed E-state index contributed by atoms with van der Waals surface area (Å²) in [5.41, 5.74) is 2.65. The summed E-state index contributed by atoms with van der Waals surface area (Å²) in [5.74, 6) is -0.553. The predicted octanol–water partition coefficient (Wildman–Crippen LogP) is 4.69. The van der Waals surface area contributed by atoms with Crippen LogP contribution in [0.2, 0.25) is 0 Å². The topological polar surface area (TPSA) is 46.5 Å². The molecule has 0 saturated carbocycles. The molecule has 0 amide bonds. The van der Waals surface area contributed by atoms with Gasteiger partial charge in [0.05, 0.1) is 20.1 Å². The van der Waals surface area contributed by atoms with Crippen molar-refractivity contribution in [2.45, 2.75) is 37.4 Å². The molecule has 2 atom stereocenters. The van der Waals surface area contributed by atoms with Crippen molar-refractivity contribution in [3.63, 3.8) is 0 Å². The minimum absolute atomic E-state index is 0.183. The van der Waals surface area contributed by atoms with Crippen LogP contribution >= 0.6 is 0 Å². The second-order valence-electron chi connectivity index (χ2n) is 9.81. The predicted molar refractivity (Wildman–Crippen MR) is 130 cm³/mol. The van der Waals surface area contributed by atoms with Gasteiger partial charge in [0.15, 0.2) is 6.10 Å². The number of aryl methyl sites for hydroxylation is 1. The van der Waals surface area contributed by atoms with Gasteiger partial charge in [-0.1, -0.05) is 78.9 Å². The number of benzene rings is 3. The van der Waals surface area contributed by atoms with E-state index >= 15 is 0 Å². The molecule has 1 aliphatic heterocycles. The van der Waals surface area contributed by atoms with E-state index in [1.807, 2.05) is 48.5 Å². The maximum Gasteiger partial charge on any atom is 0.348 e. The smallest absolute Gasteiger partial charge is 0.348 e. The molecular formula is C29H32NO3+. The number of hydrogen-bond donors (Lipinski definition) is 1. The van der Waals surface area contributed by atoms with E-state index in [-0.39, 0.29) is 6.10 Å². The van der Waals surface area contributed by atoms with Crippen molar-refractivity contribution >= 4 is 5.97 Å². The summed E-state index contributed by atoms with van der Waals surface area (Å²) in [6, 6.07) is 25.8. The summed E-state index contributed by atoms with van der Waals surface area (Å²) in [5, 5.41) is 11.7. The van der Waals surface area contributed by atoms with Crippen molar-refractivity contribution in [1.29, 1.82) is 0 Å². The van der Waals surface area contributed by atoms with Crippen molar-refractivity contribution in [1.82, 2.24) is 0 Å². The van der Waals surface area contributed by atoms with Gasteiger partial charge in [0.25, 0.3) is 0 Å². The number of carbonyl (C=O) groups is 1. The second-order valence-corrected chi connectivity index (χ2v) is 9.81. The standard InChI is InChI=1S/C29H32NO3/c1-30(19-9-13-22-11-3-2-4-12-22)20-10-14-23(21-30)33-28(31)29(32)26-17-7-5-15-24(26)25-16-6-8-18-27(25)29/h2-8,11-12,15-18,23,32H,9-10,13-14,19-21H2,1H3/q+1/t23-,30?/m1/s1. The Morgan fingerprint density at radius 3 is 2.24 bits per heavy atom. The van der Waals surface area contributed by atoms with Crippen molar-refractivity contribution in [2.24, 2.45) is 0 Å². The Hall–Kier alpha value is -2.95. The molecule has 0 radical (unpaired) electrons. The number of rotatable bonds is 6. The lowest BCUT2D eigenvalue weighted by Crippen LogP contribution is -2.55. The summed E-state index contributed by atoms with van der Waals surface area (Å²) in [4.78, 5) is 13.5. The summed E-state index contributed by atoms with van der Waals surface area (Å²) >= 11 is 0. The molecule has 3 aromatic carbocycles. The molecular weight excluding hydrogens is 410 g/mol. The summed E-state index contributed by atoms with van der Waals surface area (Å²) in [6.07, 6.45) is 3.85. The molecule has 170 valence electrons. The SMILES string of the molecule is C[N+]1(CCCc2ccccc2)CCC[C@@H](OC(=O)C2(O)c3ccccc3-c3ccccc32)C1. The molecule has 2 aliphatic rings. The zero-order valence-corrected chi connectivity index (χ0v) is 19.2. The molecule has 1 N–H and O–H groups in total. The lowest BCUT2D eigenvalue weighted by atomic mass is 9.91. The Morgan fingerprint density at radius 1 is 0.970 bits per heavy atom. The van der Waals surface area contributed by atoms with Gasteiger partial charge < -0.3 is 14.3 Å². The first-order valence-electron chi connectivity index (χ1n) is 12.0. The normalized spacial score (nSPS) is 22.9. The molecule has 3 aromatic rings. The number of quaternary nitrogens is 1. The fourth-order valence-electron chi connectivity index (χ4n) is 5.65. The number of fused-ring (bicyclic) bond motifs is 3. The zero-order valence-electron chi connectivity index (χ0n) is 19.2. The van der Waals surface area contributed by atoms with Crippen LogP contribution in [0.15, 0.2) is 78.9 Å². The highest BCUT2D eigenvalue weighted by Crippen LogP contribution is 2.48. The maximum absolute atomic E-state index is 13.5. The minimum atomic E-state index is -1.75. The number of aliphatic hydroxyl groups is 1. The van der Waals surface area contributed by atoms with E-state index in [0.29, 0.717) is 11.1 Å². The van der Waals surface area contributed by atoms with Gasteiger partial charge in [-0.3, -0.25) is 0 Å². The van der Waals surface area contributed by atoms with Gasteiger partial charge in [0.2, 0.25) is 5.60 Å². The van der Waals surface area contributed by atoms with Crippen LogP contribution in [-0.4, -0.2) is 48.3 Å². The van der Waals surface area contributed by atoms with Crippen LogP contribution in [0.25, 0.3) is 11.1 Å². The van der Waals surface area contributed by atoms with Crippen LogP contribution < -0.4 is 0 Å². The summed E-state index contributed by atoms with van der Waals surface area (Å²) in [6.45, 7) is 2.94. The quantitative estimate of drug-likeness (QED) is 0.445. The fourth-order valence-corrected chi connectivity index (χ4v) is 5.65. The Bertz CT molecular complexity index is 1100. The van der Waals surface area contributed by atoms with Crippen LogP contribution in [0.5, 0.6) is 0 Å². The molecule has 1 heterocycles. The Morgan fingerprint density at radius 2 is 1.58 bits per heavy atom. The monoisotopic (exact) mass is 442 g/mol. The molecule has 1 saturated heterocycles. The first kappa shape index (κ1) is 21.9. The highest BCUT2D eigenvalue weighted by atomic mass is 16.6. The van der Waals surface area contributed by atoms with Crippen LogP contribution in [0.4, 0.5) is 0 Å². The number of nitrogens with zero attached hydrogens (tertiary/aromatic N) is 1. The Kier molecular flexibility index (Phi) is 5.81. The highest BCUT2D eigenvalue weighted by molar-refractivity contribution is 5.96. The van der Waals surface area contributed by atoms with Crippen molar-refractivity contribution in [3.05, 3.63) is 95.6 Å². The molecule has 4 nitrogen and oxygen atoms in total. The lowest BCUT2D eigenvalue weighted by molar-refractivity contribution is -0.917. The van der Waals surface area contributed by atoms with E-state index in [4.69, 9.17) is 4.74 Å². The van der Waals surface area contributed by atoms with Crippen LogP contribution in [0.1, 0.15) is 36.0 Å². The number of esters is 1. The van der Waals surface area contributed by atoms with Gasteiger partial charge in [-0.05, 0) is 29.5 Å². The van der Waals surface area contributed by atoms with E-state index in [1.165, 1.54) is 5.56 Å². The number of hydrogen-bond acceptors (Lipinski definition) is 3. The van der Waals surface area contributed by atoms with Crippen molar-refractivity contribution < 1.29 is 19.1 Å². The zero-order chi connectivity index (χ0) is 22.9. The maximum atomic E-state index is 13.5. The number of piperidine rings is 1. The van der Waals surface area contributed by atoms with Gasteiger partial charge >= 0.3 is 5.97 Å². The number of carbonyl (C=O) groups excluding carboxylic acids is 1. The van der Waals surface area contributed by atoms with E-state index in [9.17, 15) is 9.90 Å². The molecule has 33 heavy (non-hydrogen) atoms. The Balaban J connectivity index is 1.29. The molecule has 5 rings (SSSR count). The molecule has 4 heteroatoms. The fraction of sp³-hybridized carbons (Fsp3) is 0.345. The molecule has 0 aromatic heterocycles. The molecule has 0 spiro atoms. The average molecular weight is 443 g/mol. The van der Waals surface area contributed by atoms with Crippen molar-refractivity contribution in [3.8, 4) is 11.1 Å². The van der Waals surface area contributed by atoms with E-state index in [1.54, 1.807) is 0 Å². The Labute approximate surface area is 196 Å². The van der Waals surface area contributed by atoms with E-state index in [2.05, 4.69) is 37.4 Å². The first-order valence-corrected chi connectivity index (χ1v) is 12.0. The van der Waals surface area contributed by atoms with Gasteiger partial charge in [0, 0.05) is 24.0 Å². The number of likely N-dealkylation sites (N-methyl/N-ethyl adjacent to an activating group) is 1. The van der Waals surface area contributed by atoms with Gasteiger partial charge in [-0.15, -0.1) is 0 Å². The molecule has 1 fully saturated rings. The average Bonchev–Trinajstić information content (AvgIpc) is 3.10. The second kappa shape index (κ2) is 8.77. The summed E-state index contributed by atoms with van der Waals surface area (Å²) in [7, 11) is 2.26. The number of ether oxygens (including phenoxy) is 1. The summed E-state index contributed by atoms with van der Waals surface area (Å²) < 4.78 is 6.95. The van der Waals surface area contributed by atoms with E-state index in [0.717, 1.165) is 60.9 Å². The third-order valence-corrected chi connectivity index (χ3v) is 7.37. The molecule has 1 unspecified atom stereocenters. The molecule has 0 bridgehead atoms. The lowest BCUT2D eigenvalue weighted by Gasteiger charge is -2.41. The minimum Gasteiger partial charge on any atom is -0.454 e. The van der Waals surface area contributed by atoms with E-state index < -0.39 is 11.6 Å². The molecule has 1 aliphatic carbocycles. The highest BCUT2D eigenvalue weighted by Gasteiger charge is 2.50. The van der Waals surface area contributed by atoms with Gasteiger partial charge in [0.1, 0.15) is 6.54 Å². The third-order valence-electron chi connectivity index (χ3n) is 7.37. The van der Waals surface area contributed by atoms with Crippen LogP contribution in [0, 0.1) is 0 Å². The first-order chi connectivity index (χ1) is 16.0. The largest absolute Gasteiger partial charge is 0.454 e. The van der Waals surface area contributed by atoms with Gasteiger partial charge in [-0.2, -0.15) is 0 Å².